The van der Waals surface area contributed by atoms with Crippen molar-refractivity contribution in [2.45, 2.75) is 39.3 Å². The van der Waals surface area contributed by atoms with Gasteiger partial charge in [0, 0.05) is 37.9 Å². The average Bonchev–Trinajstić information content (AvgIpc) is 2.45. The van der Waals surface area contributed by atoms with E-state index < -0.39 is 5.60 Å². The van der Waals surface area contributed by atoms with Crippen LogP contribution in [0.15, 0.2) is 23.1 Å². The molecule has 7 nitrogen and oxygen atoms in total. The summed E-state index contributed by atoms with van der Waals surface area (Å²) in [5.41, 5.74) is -0.352. The maximum atomic E-state index is 12.5. The Labute approximate surface area is 135 Å². The quantitative estimate of drug-likeness (QED) is 0.849. The number of carbonyl (C=O) groups is 2. The van der Waals surface area contributed by atoms with Crippen LogP contribution in [0.4, 0.5) is 4.79 Å². The van der Waals surface area contributed by atoms with Crippen molar-refractivity contribution in [1.82, 2.24) is 14.8 Å². The van der Waals surface area contributed by atoms with E-state index in [2.05, 4.69) is 4.98 Å². The van der Waals surface area contributed by atoms with Crippen molar-refractivity contribution in [3.63, 3.8) is 0 Å². The van der Waals surface area contributed by atoms with Crippen molar-refractivity contribution >= 4 is 12.0 Å². The standard InChI is InChI=1S/C16H23N3O4/c1-11-10-18(15(22)23-16(2,3)4)7-8-19(11)14(21)12-5-6-13(20)17-9-12/h5-6,9,11H,7-8,10H2,1-4H3,(H,17,20). The molecule has 1 aliphatic heterocycles. The number of pyridine rings is 1. The number of aromatic nitrogens is 1. The maximum Gasteiger partial charge on any atom is 0.410 e. The van der Waals surface area contributed by atoms with Crippen LogP contribution in [0.1, 0.15) is 38.1 Å². The van der Waals surface area contributed by atoms with E-state index in [4.69, 9.17) is 4.74 Å². The maximum absolute atomic E-state index is 12.5. The summed E-state index contributed by atoms with van der Waals surface area (Å²) in [6.07, 6.45) is 1.05. The molecular formula is C16H23N3O4. The van der Waals surface area contributed by atoms with Gasteiger partial charge in [-0.2, -0.15) is 0 Å². The fraction of sp³-hybridized carbons (Fsp3) is 0.562. The zero-order valence-corrected chi connectivity index (χ0v) is 14.0. The van der Waals surface area contributed by atoms with E-state index in [0.29, 0.717) is 25.2 Å². The average molecular weight is 321 g/mol. The van der Waals surface area contributed by atoms with Gasteiger partial charge in [0.05, 0.1) is 5.56 Å². The second-order valence-corrected chi connectivity index (χ2v) is 6.72. The largest absolute Gasteiger partial charge is 0.444 e. The number of amides is 2. The minimum Gasteiger partial charge on any atom is -0.444 e. The molecule has 1 unspecified atom stereocenters. The molecule has 0 saturated carbocycles. The van der Waals surface area contributed by atoms with Crippen molar-refractivity contribution in [2.75, 3.05) is 19.6 Å². The summed E-state index contributed by atoms with van der Waals surface area (Å²) in [4.78, 5) is 41.5. The van der Waals surface area contributed by atoms with Gasteiger partial charge in [-0.25, -0.2) is 4.79 Å². The first-order chi connectivity index (χ1) is 10.7. The van der Waals surface area contributed by atoms with Gasteiger partial charge in [0.2, 0.25) is 5.56 Å². The van der Waals surface area contributed by atoms with Gasteiger partial charge in [0.1, 0.15) is 5.60 Å². The predicted octanol–water partition coefficient (Wildman–Crippen LogP) is 1.46. The Bertz CT molecular complexity index is 627. The first-order valence-corrected chi connectivity index (χ1v) is 7.65. The lowest BCUT2D eigenvalue weighted by Crippen LogP contribution is -2.56. The topological polar surface area (TPSA) is 82.7 Å². The van der Waals surface area contributed by atoms with E-state index in [1.54, 1.807) is 9.80 Å². The molecule has 126 valence electrons. The zero-order valence-electron chi connectivity index (χ0n) is 14.0. The molecule has 23 heavy (non-hydrogen) atoms. The molecule has 7 heteroatoms. The summed E-state index contributed by atoms with van der Waals surface area (Å²) >= 11 is 0. The van der Waals surface area contributed by atoms with E-state index in [1.807, 2.05) is 27.7 Å². The van der Waals surface area contributed by atoms with Crippen molar-refractivity contribution in [3.8, 4) is 0 Å². The SMILES string of the molecule is CC1CN(C(=O)OC(C)(C)C)CCN1C(=O)c1ccc(=O)[nH]c1. The number of ether oxygens (including phenoxy) is 1. The predicted molar refractivity (Wildman–Crippen MR) is 85.4 cm³/mol. The third kappa shape index (κ3) is 4.34. The van der Waals surface area contributed by atoms with Gasteiger partial charge in [-0.1, -0.05) is 0 Å². The summed E-state index contributed by atoms with van der Waals surface area (Å²) in [7, 11) is 0. The van der Waals surface area contributed by atoms with Crippen LogP contribution < -0.4 is 5.56 Å². The van der Waals surface area contributed by atoms with Crippen LogP contribution >= 0.6 is 0 Å². The van der Waals surface area contributed by atoms with Gasteiger partial charge in [0.25, 0.3) is 5.91 Å². The highest BCUT2D eigenvalue weighted by atomic mass is 16.6. The number of aromatic amines is 1. The van der Waals surface area contributed by atoms with E-state index in [-0.39, 0.29) is 23.6 Å². The van der Waals surface area contributed by atoms with Crippen LogP contribution in [0.3, 0.4) is 0 Å². The van der Waals surface area contributed by atoms with Gasteiger partial charge >= 0.3 is 6.09 Å². The Hall–Kier alpha value is -2.31. The minimum atomic E-state index is -0.539. The van der Waals surface area contributed by atoms with Gasteiger partial charge < -0.3 is 19.5 Å². The van der Waals surface area contributed by atoms with E-state index in [0.717, 1.165) is 0 Å². The number of piperazine rings is 1. The lowest BCUT2D eigenvalue weighted by molar-refractivity contribution is 0.00616. The van der Waals surface area contributed by atoms with Crippen LogP contribution in [0.25, 0.3) is 0 Å². The number of carbonyl (C=O) groups excluding carboxylic acids is 2. The third-order valence-corrected chi connectivity index (χ3v) is 3.57. The van der Waals surface area contributed by atoms with Crippen LogP contribution in [0.2, 0.25) is 0 Å². The molecule has 2 rings (SSSR count). The van der Waals surface area contributed by atoms with Gasteiger partial charge in [-0.3, -0.25) is 9.59 Å². The molecule has 0 bridgehead atoms. The molecule has 1 N–H and O–H groups in total. The molecule has 2 amide bonds. The lowest BCUT2D eigenvalue weighted by Gasteiger charge is -2.40. The zero-order chi connectivity index (χ0) is 17.2. The van der Waals surface area contributed by atoms with Crippen molar-refractivity contribution < 1.29 is 14.3 Å². The molecule has 0 radical (unpaired) electrons. The lowest BCUT2D eigenvalue weighted by atomic mass is 10.1. The Morgan fingerprint density at radius 2 is 1.96 bits per heavy atom. The highest BCUT2D eigenvalue weighted by Crippen LogP contribution is 2.16. The molecule has 1 atom stereocenters. The number of H-pyrrole nitrogens is 1. The van der Waals surface area contributed by atoms with Crippen LogP contribution in [-0.2, 0) is 4.74 Å². The summed E-state index contributed by atoms with van der Waals surface area (Å²) in [5, 5.41) is 0. The summed E-state index contributed by atoms with van der Waals surface area (Å²) < 4.78 is 5.36. The Balaban J connectivity index is 2.01. The van der Waals surface area contributed by atoms with Crippen molar-refractivity contribution in [2.24, 2.45) is 0 Å². The van der Waals surface area contributed by atoms with Crippen LogP contribution in [-0.4, -0.2) is 58.1 Å². The van der Waals surface area contributed by atoms with Crippen molar-refractivity contribution in [1.29, 1.82) is 0 Å². The van der Waals surface area contributed by atoms with E-state index in [9.17, 15) is 14.4 Å². The highest BCUT2D eigenvalue weighted by molar-refractivity contribution is 5.94. The summed E-state index contributed by atoms with van der Waals surface area (Å²) in [6.45, 7) is 8.63. The van der Waals surface area contributed by atoms with Gasteiger partial charge in [-0.05, 0) is 33.8 Å². The fourth-order valence-corrected chi connectivity index (χ4v) is 2.46. The summed E-state index contributed by atoms with van der Waals surface area (Å²) in [5.74, 6) is -0.155. The smallest absolute Gasteiger partial charge is 0.410 e. The molecule has 0 spiro atoms. The molecular weight excluding hydrogens is 298 g/mol. The first kappa shape index (κ1) is 17.1. The second kappa shape index (κ2) is 6.44. The molecule has 1 aliphatic rings. The molecule has 2 heterocycles. The van der Waals surface area contributed by atoms with Crippen LogP contribution in [0.5, 0.6) is 0 Å². The van der Waals surface area contributed by atoms with Gasteiger partial charge in [-0.15, -0.1) is 0 Å². The first-order valence-electron chi connectivity index (χ1n) is 7.65. The number of nitrogens with zero attached hydrogens (tertiary/aromatic N) is 2. The second-order valence-electron chi connectivity index (χ2n) is 6.72. The summed E-state index contributed by atoms with van der Waals surface area (Å²) in [6, 6.07) is 2.71. The van der Waals surface area contributed by atoms with Crippen LogP contribution in [0, 0.1) is 0 Å². The third-order valence-electron chi connectivity index (χ3n) is 3.57. The highest BCUT2D eigenvalue weighted by Gasteiger charge is 2.32. The van der Waals surface area contributed by atoms with E-state index in [1.165, 1.54) is 18.3 Å². The fourth-order valence-electron chi connectivity index (χ4n) is 2.46. The molecule has 0 aromatic carbocycles. The molecule has 1 saturated heterocycles. The van der Waals surface area contributed by atoms with E-state index >= 15 is 0 Å². The molecule has 1 aromatic rings. The Kier molecular flexibility index (Phi) is 4.77. The Morgan fingerprint density at radius 3 is 2.48 bits per heavy atom. The normalized spacial score (nSPS) is 18.7. The number of nitrogens with one attached hydrogen (secondary N) is 1. The molecule has 0 aliphatic carbocycles. The van der Waals surface area contributed by atoms with Crippen molar-refractivity contribution in [3.05, 3.63) is 34.2 Å². The number of hydrogen-bond acceptors (Lipinski definition) is 4. The van der Waals surface area contributed by atoms with Gasteiger partial charge in [0.15, 0.2) is 0 Å². The molecule has 1 fully saturated rings. The Morgan fingerprint density at radius 1 is 1.26 bits per heavy atom. The number of rotatable bonds is 1. The number of hydrogen-bond donors (Lipinski definition) is 1. The molecule has 1 aromatic heterocycles. The monoisotopic (exact) mass is 321 g/mol. The minimum absolute atomic E-state index is 0.129.